The molecule has 2 atom stereocenters. The van der Waals surface area contributed by atoms with E-state index in [2.05, 4.69) is 0 Å². The van der Waals surface area contributed by atoms with Gasteiger partial charge in [-0.3, -0.25) is 9.10 Å². The van der Waals surface area contributed by atoms with E-state index < -0.39 is 16.0 Å². The van der Waals surface area contributed by atoms with Crippen LogP contribution in [0.2, 0.25) is 0 Å². The Morgan fingerprint density at radius 2 is 1.93 bits per heavy atom. The molecule has 2 aliphatic heterocycles. The van der Waals surface area contributed by atoms with Gasteiger partial charge >= 0.3 is 5.97 Å². The molecule has 1 saturated heterocycles. The molecule has 3 rings (SSSR count). The van der Waals surface area contributed by atoms with Gasteiger partial charge in [-0.05, 0) is 63.3 Å². The van der Waals surface area contributed by atoms with Gasteiger partial charge in [0.25, 0.3) is 5.91 Å². The quantitative estimate of drug-likeness (QED) is 0.729. The molecule has 1 aromatic carbocycles. The van der Waals surface area contributed by atoms with Crippen LogP contribution in [0.5, 0.6) is 0 Å². The number of fused-ring (bicyclic) bond motifs is 1. The van der Waals surface area contributed by atoms with Gasteiger partial charge in [0, 0.05) is 18.6 Å². The number of likely N-dealkylation sites (tertiary alicyclic amines) is 1. The van der Waals surface area contributed by atoms with E-state index >= 15 is 0 Å². The second kappa shape index (κ2) is 7.50. The molecule has 1 fully saturated rings. The van der Waals surface area contributed by atoms with Gasteiger partial charge in [0.2, 0.25) is 10.0 Å². The van der Waals surface area contributed by atoms with E-state index in [0.29, 0.717) is 24.2 Å². The molecule has 0 radical (unpaired) electrons. The second-order valence-electron chi connectivity index (χ2n) is 7.46. The van der Waals surface area contributed by atoms with Gasteiger partial charge in [0.15, 0.2) is 6.61 Å². The number of carbonyl (C=O) groups excluding carboxylic acids is 2. The van der Waals surface area contributed by atoms with Crippen LogP contribution in [0.4, 0.5) is 5.69 Å². The number of ether oxygens (including phenoxy) is 1. The highest BCUT2D eigenvalue weighted by Gasteiger charge is 2.33. The largest absolute Gasteiger partial charge is 0.452 e. The number of hydrogen-bond acceptors (Lipinski definition) is 5. The molecule has 0 bridgehead atoms. The maximum absolute atomic E-state index is 12.3. The van der Waals surface area contributed by atoms with Gasteiger partial charge in [-0.25, -0.2) is 13.2 Å². The molecule has 0 unspecified atom stereocenters. The summed E-state index contributed by atoms with van der Waals surface area (Å²) in [6.45, 7) is 4.27. The minimum atomic E-state index is -3.37. The number of sulfonamides is 1. The van der Waals surface area contributed by atoms with Gasteiger partial charge in [0.05, 0.1) is 17.5 Å². The Bertz CT molecular complexity index is 852. The number of hydrogen-bond donors (Lipinski definition) is 0. The Balaban J connectivity index is 1.67. The molecule has 0 N–H and O–H groups in total. The van der Waals surface area contributed by atoms with E-state index in [0.717, 1.165) is 24.8 Å². The number of amides is 1. The Morgan fingerprint density at radius 3 is 2.59 bits per heavy atom. The fourth-order valence-corrected chi connectivity index (χ4v) is 5.26. The van der Waals surface area contributed by atoms with Crippen LogP contribution in [-0.4, -0.2) is 56.7 Å². The molecule has 0 saturated carbocycles. The van der Waals surface area contributed by atoms with Crippen LogP contribution in [0.1, 0.15) is 49.0 Å². The molecule has 2 aliphatic rings. The highest BCUT2D eigenvalue weighted by molar-refractivity contribution is 7.92. The molecule has 8 heteroatoms. The predicted molar refractivity (Wildman–Crippen MR) is 102 cm³/mol. The van der Waals surface area contributed by atoms with Crippen molar-refractivity contribution in [2.75, 3.05) is 23.7 Å². The molecule has 27 heavy (non-hydrogen) atoms. The van der Waals surface area contributed by atoms with Crippen LogP contribution in [0.15, 0.2) is 18.2 Å². The summed E-state index contributed by atoms with van der Waals surface area (Å²) in [4.78, 5) is 26.4. The summed E-state index contributed by atoms with van der Waals surface area (Å²) in [6.07, 6.45) is 4.77. The SMILES string of the molecule is C[C@H]1CCCCN1C(=O)COC(=O)c1ccc2c(c1)C[C@H](C)N2S(C)(=O)=O. The monoisotopic (exact) mass is 394 g/mol. The highest BCUT2D eigenvalue weighted by Crippen LogP contribution is 2.34. The first-order valence-corrected chi connectivity index (χ1v) is 11.1. The number of benzene rings is 1. The van der Waals surface area contributed by atoms with E-state index in [1.807, 2.05) is 13.8 Å². The zero-order valence-electron chi connectivity index (χ0n) is 16.0. The molecule has 2 heterocycles. The van der Waals surface area contributed by atoms with Crippen molar-refractivity contribution in [3.63, 3.8) is 0 Å². The normalized spacial score (nSPS) is 22.5. The van der Waals surface area contributed by atoms with E-state index in [-0.39, 0.29) is 24.6 Å². The third kappa shape index (κ3) is 4.10. The molecular weight excluding hydrogens is 368 g/mol. The minimum absolute atomic E-state index is 0.173. The Kier molecular flexibility index (Phi) is 5.46. The van der Waals surface area contributed by atoms with E-state index in [1.165, 1.54) is 10.6 Å². The van der Waals surface area contributed by atoms with Crippen LogP contribution in [0, 0.1) is 0 Å². The summed E-state index contributed by atoms with van der Waals surface area (Å²) in [7, 11) is -3.37. The fraction of sp³-hybridized carbons (Fsp3) is 0.579. The summed E-state index contributed by atoms with van der Waals surface area (Å²) < 4.78 is 30.5. The third-order valence-corrected chi connectivity index (χ3v) is 6.55. The van der Waals surface area contributed by atoms with Gasteiger partial charge in [-0.2, -0.15) is 0 Å². The van der Waals surface area contributed by atoms with Gasteiger partial charge in [-0.1, -0.05) is 0 Å². The molecule has 0 aromatic heterocycles. The molecule has 148 valence electrons. The first kappa shape index (κ1) is 19.7. The smallest absolute Gasteiger partial charge is 0.338 e. The number of rotatable bonds is 4. The maximum atomic E-state index is 12.3. The summed E-state index contributed by atoms with van der Waals surface area (Å²) >= 11 is 0. The lowest BCUT2D eigenvalue weighted by Crippen LogP contribution is -2.44. The molecule has 7 nitrogen and oxygen atoms in total. The van der Waals surface area contributed by atoms with Crippen molar-refractivity contribution in [1.29, 1.82) is 0 Å². The van der Waals surface area contributed by atoms with Crippen molar-refractivity contribution in [3.8, 4) is 0 Å². The van der Waals surface area contributed by atoms with Gasteiger partial charge in [0.1, 0.15) is 0 Å². The molecule has 1 aromatic rings. The number of carbonyl (C=O) groups is 2. The number of anilines is 1. The average molecular weight is 394 g/mol. The van der Waals surface area contributed by atoms with Crippen LogP contribution in [0.25, 0.3) is 0 Å². The van der Waals surface area contributed by atoms with Gasteiger partial charge < -0.3 is 9.64 Å². The minimum Gasteiger partial charge on any atom is -0.452 e. The fourth-order valence-electron chi connectivity index (χ4n) is 4.00. The first-order chi connectivity index (χ1) is 12.7. The lowest BCUT2D eigenvalue weighted by atomic mass is 10.0. The standard InChI is InChI=1S/C19H26N2O5S/c1-13-6-4-5-9-20(13)18(22)12-26-19(23)15-7-8-17-16(11-15)10-14(2)21(17)27(3,24)25/h7-8,11,13-14H,4-6,9-10,12H2,1-3H3/t13-,14-/m0/s1. The Morgan fingerprint density at radius 1 is 1.19 bits per heavy atom. The molecular formula is C19H26N2O5S. The second-order valence-corrected chi connectivity index (χ2v) is 9.32. The third-order valence-electron chi connectivity index (χ3n) is 5.28. The molecule has 0 spiro atoms. The number of nitrogens with zero attached hydrogens (tertiary/aromatic N) is 2. The lowest BCUT2D eigenvalue weighted by molar-refractivity contribution is -0.137. The van der Waals surface area contributed by atoms with E-state index in [4.69, 9.17) is 4.74 Å². The molecule has 0 aliphatic carbocycles. The van der Waals surface area contributed by atoms with Crippen molar-refractivity contribution in [1.82, 2.24) is 4.90 Å². The Labute approximate surface area is 160 Å². The molecule has 1 amide bonds. The predicted octanol–water partition coefficient (Wildman–Crippen LogP) is 1.96. The zero-order chi connectivity index (χ0) is 19.8. The van der Waals surface area contributed by atoms with Crippen LogP contribution >= 0.6 is 0 Å². The summed E-state index contributed by atoms with van der Waals surface area (Å²) in [5.74, 6) is -0.741. The van der Waals surface area contributed by atoms with E-state index in [9.17, 15) is 18.0 Å². The van der Waals surface area contributed by atoms with Crippen molar-refractivity contribution in [2.24, 2.45) is 0 Å². The summed E-state index contributed by atoms with van der Waals surface area (Å²) in [5.41, 5.74) is 1.72. The summed E-state index contributed by atoms with van der Waals surface area (Å²) in [5, 5.41) is 0. The maximum Gasteiger partial charge on any atom is 0.338 e. The van der Waals surface area contributed by atoms with Crippen molar-refractivity contribution in [3.05, 3.63) is 29.3 Å². The Hall–Kier alpha value is -2.09. The highest BCUT2D eigenvalue weighted by atomic mass is 32.2. The van der Waals surface area contributed by atoms with Gasteiger partial charge in [-0.15, -0.1) is 0 Å². The van der Waals surface area contributed by atoms with Crippen LogP contribution < -0.4 is 4.31 Å². The summed E-state index contributed by atoms with van der Waals surface area (Å²) in [6, 6.07) is 4.82. The lowest BCUT2D eigenvalue weighted by Gasteiger charge is -2.33. The van der Waals surface area contributed by atoms with Crippen LogP contribution in [0.3, 0.4) is 0 Å². The van der Waals surface area contributed by atoms with E-state index in [1.54, 1.807) is 23.1 Å². The van der Waals surface area contributed by atoms with Crippen molar-refractivity contribution in [2.45, 2.75) is 51.6 Å². The number of piperidine rings is 1. The topological polar surface area (TPSA) is 84.0 Å². The number of esters is 1. The first-order valence-electron chi connectivity index (χ1n) is 9.27. The average Bonchev–Trinajstić information content (AvgIpc) is 2.94. The van der Waals surface area contributed by atoms with Crippen molar-refractivity contribution < 1.29 is 22.7 Å². The van der Waals surface area contributed by atoms with Crippen molar-refractivity contribution >= 4 is 27.6 Å². The zero-order valence-corrected chi connectivity index (χ0v) is 16.8. The van der Waals surface area contributed by atoms with Crippen LogP contribution in [-0.2, 0) is 26.0 Å².